The minimum absolute atomic E-state index is 0.0699. The van der Waals surface area contributed by atoms with E-state index < -0.39 is 11.2 Å². The summed E-state index contributed by atoms with van der Waals surface area (Å²) >= 11 is 16.7. The van der Waals surface area contributed by atoms with Gasteiger partial charge in [0, 0.05) is 11.5 Å². The molecule has 0 unspecified atom stereocenters. The van der Waals surface area contributed by atoms with Crippen LogP contribution in [0, 0.1) is 0 Å². The molecule has 0 aliphatic rings. The number of nitrogens with one attached hydrogen (secondary N) is 1. The van der Waals surface area contributed by atoms with Crippen LogP contribution >= 0.6 is 51.6 Å². The fourth-order valence-corrected chi connectivity index (χ4v) is 2.92. The lowest BCUT2D eigenvalue weighted by Crippen LogP contribution is -2.12. The van der Waals surface area contributed by atoms with Crippen molar-refractivity contribution in [3.05, 3.63) is 5.82 Å². The Hall–Kier alpha value is -0.400. The number of anilines is 1. The van der Waals surface area contributed by atoms with E-state index in [1.165, 1.54) is 0 Å². The number of aromatic nitrogens is 2. The molecule has 0 saturated carbocycles. The highest BCUT2D eigenvalue weighted by atomic mass is 35.9. The third-order valence-electron chi connectivity index (χ3n) is 1.33. The van der Waals surface area contributed by atoms with Crippen LogP contribution in [0.2, 0.25) is 0 Å². The van der Waals surface area contributed by atoms with Gasteiger partial charge in [-0.05, 0) is 41.0 Å². The third-order valence-corrected chi connectivity index (χ3v) is 3.27. The second-order valence-electron chi connectivity index (χ2n) is 2.63. The van der Waals surface area contributed by atoms with Crippen molar-refractivity contribution < 1.29 is 14.2 Å². The molecule has 0 bridgehead atoms. The molecule has 0 atom stereocenters. The molecule has 1 aromatic rings. The largest absolute Gasteiger partial charge is 0.395 e. The molecule has 1 rings (SSSR count). The summed E-state index contributed by atoms with van der Waals surface area (Å²) in [6, 6.07) is 0. The Bertz CT molecular complexity index is 516. The van der Waals surface area contributed by atoms with Gasteiger partial charge in [-0.25, -0.2) is 0 Å². The first-order chi connectivity index (χ1) is 8.33. The van der Waals surface area contributed by atoms with Crippen LogP contribution in [0.4, 0.5) is 5.13 Å². The van der Waals surface area contributed by atoms with Gasteiger partial charge in [-0.2, -0.15) is 9.36 Å². The van der Waals surface area contributed by atoms with Gasteiger partial charge in [0.15, 0.2) is 0 Å². The topological polar surface area (TPSA) is 93.5 Å². The van der Waals surface area contributed by atoms with E-state index >= 15 is 0 Å². The van der Waals surface area contributed by atoms with Crippen molar-refractivity contribution in [1.29, 1.82) is 0 Å². The number of carbonyl (C=O) groups is 1. The summed E-state index contributed by atoms with van der Waals surface area (Å²) in [7, 11) is 0. The molecule has 0 amide bonds. The van der Waals surface area contributed by atoms with E-state index in [4.69, 9.17) is 38.9 Å². The van der Waals surface area contributed by atoms with E-state index in [-0.39, 0.29) is 23.3 Å². The van der Waals surface area contributed by atoms with E-state index in [1.54, 1.807) is 6.92 Å². The highest BCUT2D eigenvalue weighted by Gasteiger charge is 2.21. The van der Waals surface area contributed by atoms with Crippen LogP contribution in [0.3, 0.4) is 0 Å². The molecule has 1 N–H and O–H groups in total. The van der Waals surface area contributed by atoms with Crippen LogP contribution in [0.5, 0.6) is 0 Å². The molecule has 0 aliphatic heterocycles. The maximum absolute atomic E-state index is 11.1. The molecule has 1 heterocycles. The van der Waals surface area contributed by atoms with Gasteiger partial charge in [0.05, 0.1) is 0 Å². The van der Waals surface area contributed by atoms with Crippen LogP contribution in [0.15, 0.2) is 5.16 Å². The normalized spacial score (nSPS) is 12.3. The molecular weight excluding hydrogens is 345 g/mol. The van der Waals surface area contributed by atoms with Gasteiger partial charge in [-0.1, -0.05) is 5.16 Å². The van der Waals surface area contributed by atoms with E-state index in [1.807, 2.05) is 0 Å². The number of rotatable bonds is 6. The number of oxime groups is 1. The maximum atomic E-state index is 11.1. The van der Waals surface area contributed by atoms with Crippen molar-refractivity contribution >= 4 is 67.7 Å². The molecule has 100 valence electrons. The van der Waals surface area contributed by atoms with Crippen LogP contribution in [0.1, 0.15) is 12.7 Å². The summed E-state index contributed by atoms with van der Waals surface area (Å²) in [6.45, 7) is 1.93. The molecule has 1 aromatic heterocycles. The molecule has 7 nitrogen and oxygen atoms in total. The average Bonchev–Trinajstić information content (AvgIpc) is 2.63. The van der Waals surface area contributed by atoms with Crippen molar-refractivity contribution in [3.8, 4) is 0 Å². The lowest BCUT2D eigenvalue weighted by molar-refractivity contribution is -0.106. The van der Waals surface area contributed by atoms with Crippen LogP contribution in [-0.2, 0) is 14.2 Å². The van der Waals surface area contributed by atoms with Crippen LogP contribution < -0.4 is 5.09 Å². The maximum Gasteiger partial charge on any atom is 0.345 e. The highest BCUT2D eigenvalue weighted by Crippen LogP contribution is 2.55. The summed E-state index contributed by atoms with van der Waals surface area (Å²) in [5, 5.41) is 4.90. The minimum Gasteiger partial charge on any atom is -0.395 e. The Morgan fingerprint density at radius 1 is 1.61 bits per heavy atom. The molecule has 0 aliphatic carbocycles. The van der Waals surface area contributed by atoms with Crippen molar-refractivity contribution in [3.63, 3.8) is 0 Å². The first-order valence-corrected chi connectivity index (χ1v) is 9.02. The third kappa shape index (κ3) is 5.07. The van der Waals surface area contributed by atoms with E-state index in [0.29, 0.717) is 0 Å². The average molecular weight is 352 g/mol. The number of hydrogen-bond donors (Lipinski definition) is 1. The van der Waals surface area contributed by atoms with E-state index in [0.717, 1.165) is 11.5 Å². The van der Waals surface area contributed by atoms with Crippen molar-refractivity contribution in [2.24, 2.45) is 5.16 Å². The number of hydrogen-bond acceptors (Lipinski definition) is 7. The minimum atomic E-state index is -3.54. The summed E-state index contributed by atoms with van der Waals surface area (Å²) in [4.78, 5) is 19.6. The fraction of sp³-hybridized carbons (Fsp3) is 0.333. The Balaban J connectivity index is 2.95. The van der Waals surface area contributed by atoms with Crippen LogP contribution in [0.25, 0.3) is 0 Å². The lowest BCUT2D eigenvalue weighted by atomic mass is 10.4. The highest BCUT2D eigenvalue weighted by molar-refractivity contribution is 8.09. The second-order valence-corrected chi connectivity index (χ2v) is 8.25. The van der Waals surface area contributed by atoms with Gasteiger partial charge in [-0.3, -0.25) is 14.4 Å². The number of carbonyl (C=O) groups excluding carboxylic acids is 1. The molecule has 0 radical (unpaired) electrons. The molecule has 0 fully saturated rings. The van der Waals surface area contributed by atoms with E-state index in [2.05, 4.69) is 19.6 Å². The first kappa shape index (κ1) is 15.7. The van der Waals surface area contributed by atoms with Gasteiger partial charge >= 0.3 is 6.00 Å². The predicted molar refractivity (Wildman–Crippen MR) is 71.9 cm³/mol. The summed E-state index contributed by atoms with van der Waals surface area (Å²) in [5.74, 6) is -3.61. The van der Waals surface area contributed by atoms with Gasteiger partial charge in [0.1, 0.15) is 6.61 Å². The zero-order valence-corrected chi connectivity index (χ0v) is 12.7. The zero-order valence-electron chi connectivity index (χ0n) is 8.76. The predicted octanol–water partition coefficient (Wildman–Crippen LogP) is 3.04. The Kier molecular flexibility index (Phi) is 5.81. The van der Waals surface area contributed by atoms with Gasteiger partial charge in [0.2, 0.25) is 16.7 Å². The van der Waals surface area contributed by atoms with Gasteiger partial charge in [0.25, 0.3) is 5.24 Å². The number of nitrogens with zero attached hydrogens (tertiary/aromatic N) is 3. The molecular formula is C6H6Cl3N4O3PS. The summed E-state index contributed by atoms with van der Waals surface area (Å²) in [6.07, 6.45) is 0. The van der Waals surface area contributed by atoms with Gasteiger partial charge < -0.3 is 4.84 Å². The monoisotopic (exact) mass is 350 g/mol. The molecule has 0 saturated heterocycles. The Labute approximate surface area is 121 Å². The fourth-order valence-electron chi connectivity index (χ4n) is 0.770. The Morgan fingerprint density at radius 3 is 2.78 bits per heavy atom. The smallest absolute Gasteiger partial charge is 0.345 e. The van der Waals surface area contributed by atoms with Crippen molar-refractivity contribution in [2.45, 2.75) is 6.92 Å². The molecule has 0 aromatic carbocycles. The standard InChI is InChI=1S/C6H6Cl3N4O3PS/c1-2-16-11-3(4(7)14)5-10-6(18-13-5)12-17(8,9)15/h2H2,1H3,(H,10,12,13,15)/b11-3+. The van der Waals surface area contributed by atoms with Crippen molar-refractivity contribution in [1.82, 2.24) is 9.36 Å². The summed E-state index contributed by atoms with van der Waals surface area (Å²) < 4.78 is 14.9. The zero-order chi connectivity index (χ0) is 13.8. The quantitative estimate of drug-likeness (QED) is 0.366. The first-order valence-electron chi connectivity index (χ1n) is 4.35. The van der Waals surface area contributed by atoms with Crippen molar-refractivity contribution in [2.75, 3.05) is 11.7 Å². The SMILES string of the molecule is CCO/N=C(\C(=O)Cl)c1nsc(NP(=O)(Cl)Cl)n1. The lowest BCUT2D eigenvalue weighted by Gasteiger charge is -2.00. The van der Waals surface area contributed by atoms with E-state index in [9.17, 15) is 9.36 Å². The number of halogens is 3. The molecule has 12 heteroatoms. The second kappa shape index (κ2) is 6.68. The molecule has 0 spiro atoms. The Morgan fingerprint density at radius 2 is 2.28 bits per heavy atom. The van der Waals surface area contributed by atoms with Crippen LogP contribution in [-0.4, -0.2) is 26.9 Å². The van der Waals surface area contributed by atoms with Gasteiger partial charge in [-0.15, -0.1) is 0 Å². The molecule has 18 heavy (non-hydrogen) atoms. The summed E-state index contributed by atoms with van der Waals surface area (Å²) in [5.41, 5.74) is -0.262.